The summed E-state index contributed by atoms with van der Waals surface area (Å²) in [6.45, 7) is 0. The van der Waals surface area contributed by atoms with Crippen molar-refractivity contribution in [3.63, 3.8) is 0 Å². The van der Waals surface area contributed by atoms with Gasteiger partial charge in [-0.05, 0) is 129 Å². The lowest BCUT2D eigenvalue weighted by Gasteiger charge is -2.36. The molecule has 4 heteroatoms. The molecule has 13 aromatic carbocycles. The van der Waals surface area contributed by atoms with Gasteiger partial charge in [0.2, 0.25) is 0 Å². The molecule has 4 nitrogen and oxygen atoms in total. The number of nitrogens with zero attached hydrogens (tertiary/aromatic N) is 2. The lowest BCUT2D eigenvalue weighted by molar-refractivity contribution is 0.669. The minimum absolute atomic E-state index is 0.760. The van der Waals surface area contributed by atoms with Gasteiger partial charge in [0.05, 0.1) is 11.1 Å². The van der Waals surface area contributed by atoms with Crippen LogP contribution in [0.25, 0.3) is 88.0 Å². The molecular weight excluding hydrogens is 985 g/mol. The van der Waals surface area contributed by atoms with Gasteiger partial charge in [-0.25, -0.2) is 0 Å². The van der Waals surface area contributed by atoms with Crippen LogP contribution in [0.2, 0.25) is 0 Å². The molecule has 0 atom stereocenters. The second kappa shape index (κ2) is 18.8. The lowest BCUT2D eigenvalue weighted by Crippen LogP contribution is -2.29. The summed E-state index contributed by atoms with van der Waals surface area (Å²) in [6.07, 6.45) is 0. The average molecular weight is 1040 g/mol. The number of anilines is 6. The van der Waals surface area contributed by atoms with Crippen molar-refractivity contribution < 1.29 is 8.83 Å². The Balaban J connectivity index is 0.931. The molecule has 0 amide bonds. The molecule has 2 heterocycles. The molecule has 0 aliphatic heterocycles. The van der Waals surface area contributed by atoms with Crippen LogP contribution < -0.4 is 9.80 Å². The molecule has 0 saturated carbocycles. The highest BCUT2D eigenvalue weighted by molar-refractivity contribution is 6.13. The maximum Gasteiger partial charge on any atom is 0.143 e. The molecule has 1 aliphatic carbocycles. The Morgan fingerprint density at radius 1 is 0.259 bits per heavy atom. The van der Waals surface area contributed by atoms with Crippen molar-refractivity contribution in [2.75, 3.05) is 9.80 Å². The summed E-state index contributed by atoms with van der Waals surface area (Å²) in [7, 11) is 0. The highest BCUT2D eigenvalue weighted by Gasteiger charge is 2.48. The van der Waals surface area contributed by atoms with Crippen LogP contribution in [0.4, 0.5) is 34.1 Å². The van der Waals surface area contributed by atoms with Gasteiger partial charge in [0, 0.05) is 66.5 Å². The summed E-state index contributed by atoms with van der Waals surface area (Å²) < 4.78 is 13.3. The van der Waals surface area contributed by atoms with E-state index in [9.17, 15) is 0 Å². The van der Waals surface area contributed by atoms with Crippen LogP contribution in [0.5, 0.6) is 0 Å². The zero-order chi connectivity index (χ0) is 53.4. The minimum atomic E-state index is -0.760. The second-order valence-electron chi connectivity index (χ2n) is 21.1. The Labute approximate surface area is 469 Å². The van der Waals surface area contributed by atoms with Crippen molar-refractivity contribution in [2.45, 2.75) is 5.41 Å². The fourth-order valence-corrected chi connectivity index (χ4v) is 13.2. The summed E-state index contributed by atoms with van der Waals surface area (Å²) in [4.78, 5) is 4.86. The minimum Gasteiger partial charge on any atom is -0.455 e. The van der Waals surface area contributed by atoms with E-state index >= 15 is 0 Å². The Morgan fingerprint density at radius 3 is 1.23 bits per heavy atom. The molecule has 0 spiro atoms. The topological polar surface area (TPSA) is 32.8 Å². The zero-order valence-corrected chi connectivity index (χ0v) is 44.1. The third-order valence-electron chi connectivity index (χ3n) is 16.7. The van der Waals surface area contributed by atoms with E-state index in [0.717, 1.165) is 106 Å². The summed E-state index contributed by atoms with van der Waals surface area (Å²) in [6, 6.07) is 110. The van der Waals surface area contributed by atoms with Crippen LogP contribution in [0.3, 0.4) is 0 Å². The van der Waals surface area contributed by atoms with Gasteiger partial charge in [0.15, 0.2) is 0 Å². The molecule has 0 N–H and O–H groups in total. The van der Waals surface area contributed by atoms with Crippen LogP contribution in [-0.4, -0.2) is 0 Å². The largest absolute Gasteiger partial charge is 0.455 e. The Hall–Kier alpha value is -10.7. The summed E-state index contributed by atoms with van der Waals surface area (Å²) in [5.74, 6) is 0. The van der Waals surface area contributed by atoms with E-state index in [1.807, 2.05) is 12.1 Å². The van der Waals surface area contributed by atoms with Gasteiger partial charge < -0.3 is 18.6 Å². The molecule has 81 heavy (non-hydrogen) atoms. The fourth-order valence-electron chi connectivity index (χ4n) is 13.2. The molecule has 0 fully saturated rings. The molecule has 0 saturated heterocycles. The molecule has 0 bridgehead atoms. The lowest BCUT2D eigenvalue weighted by atomic mass is 9.67. The van der Waals surface area contributed by atoms with Crippen molar-refractivity contribution in [1.29, 1.82) is 0 Å². The van der Waals surface area contributed by atoms with E-state index in [4.69, 9.17) is 8.83 Å². The molecule has 0 radical (unpaired) electrons. The van der Waals surface area contributed by atoms with Gasteiger partial charge in [-0.3, -0.25) is 0 Å². The normalized spacial score (nSPS) is 12.5. The number of hydrogen-bond donors (Lipinski definition) is 0. The van der Waals surface area contributed by atoms with E-state index in [0.29, 0.717) is 0 Å². The van der Waals surface area contributed by atoms with Crippen LogP contribution >= 0.6 is 0 Å². The number of benzene rings is 13. The first-order valence-electron chi connectivity index (χ1n) is 27.7. The van der Waals surface area contributed by atoms with E-state index in [-0.39, 0.29) is 0 Å². The zero-order valence-electron chi connectivity index (χ0n) is 44.1. The Morgan fingerprint density at radius 2 is 0.679 bits per heavy atom. The van der Waals surface area contributed by atoms with Crippen LogP contribution in [0, 0.1) is 0 Å². The second-order valence-corrected chi connectivity index (χ2v) is 21.1. The van der Waals surface area contributed by atoms with Crippen molar-refractivity contribution in [1.82, 2.24) is 0 Å². The summed E-state index contributed by atoms with van der Waals surface area (Å²) in [5, 5.41) is 6.78. The van der Waals surface area contributed by atoms with E-state index in [1.54, 1.807) is 0 Å². The van der Waals surface area contributed by atoms with Gasteiger partial charge in [0.1, 0.15) is 22.3 Å². The number of fused-ring (bicyclic) bond motifs is 11. The summed E-state index contributed by atoms with van der Waals surface area (Å²) in [5.41, 5.74) is 20.6. The van der Waals surface area contributed by atoms with Crippen molar-refractivity contribution in [3.8, 4) is 33.4 Å². The average Bonchev–Trinajstić information content (AvgIpc) is 2.29. The molecule has 0 unspecified atom stereocenters. The van der Waals surface area contributed by atoms with Crippen molar-refractivity contribution >= 4 is 88.8 Å². The first-order valence-corrected chi connectivity index (χ1v) is 27.7. The van der Waals surface area contributed by atoms with Gasteiger partial charge in [-0.1, -0.05) is 224 Å². The molecule has 1 aliphatic rings. The van der Waals surface area contributed by atoms with Gasteiger partial charge in [0.25, 0.3) is 0 Å². The van der Waals surface area contributed by atoms with Gasteiger partial charge >= 0.3 is 0 Å². The molecule has 380 valence electrons. The van der Waals surface area contributed by atoms with Crippen molar-refractivity contribution in [2.24, 2.45) is 0 Å². The number of para-hydroxylation sites is 6. The molecule has 16 rings (SSSR count). The third-order valence-corrected chi connectivity index (χ3v) is 16.7. The first kappa shape index (κ1) is 46.4. The number of rotatable bonds is 10. The highest BCUT2D eigenvalue weighted by atomic mass is 16.3. The number of hydrogen-bond acceptors (Lipinski definition) is 4. The molecule has 2 aromatic heterocycles. The molecule has 15 aromatic rings. The van der Waals surface area contributed by atoms with E-state index in [1.165, 1.54) is 38.8 Å². The quantitative estimate of drug-likeness (QED) is 0.137. The van der Waals surface area contributed by atoms with Gasteiger partial charge in [-0.2, -0.15) is 0 Å². The maximum atomic E-state index is 6.65. The predicted molar refractivity (Wildman–Crippen MR) is 336 cm³/mol. The van der Waals surface area contributed by atoms with Crippen molar-refractivity contribution in [3.05, 3.63) is 326 Å². The third kappa shape index (κ3) is 7.31. The van der Waals surface area contributed by atoms with Crippen LogP contribution in [0.15, 0.2) is 312 Å². The smallest absolute Gasteiger partial charge is 0.143 e. The monoisotopic (exact) mass is 1030 g/mol. The van der Waals surface area contributed by atoms with Crippen LogP contribution in [0.1, 0.15) is 22.3 Å². The standard InChI is InChI=1S/C77H50N2O2/c1-5-25-53(26-6-1)77(54-27-7-2-8-28-54)69-49-59(78(55-29-9-3-10-30-55)57-33-19-23-51(47-57)60-39-21-41-66-63-36-15-17-43-72(63)80-75(60)66)45-46-68(69)74-65-38-14-13-35-62(65)71(50-70(74)77)79(56-31-11-4-12-32-56)58-34-20-24-52(48-58)61-40-22-42-67-64-37-16-18-44-73(64)81-76(61)67/h1-50H. The van der Waals surface area contributed by atoms with Crippen LogP contribution in [-0.2, 0) is 5.41 Å². The maximum absolute atomic E-state index is 6.65. The number of furan rings is 2. The Kier molecular flexibility index (Phi) is 10.8. The highest BCUT2D eigenvalue weighted by Crippen LogP contribution is 2.61. The van der Waals surface area contributed by atoms with E-state index < -0.39 is 5.41 Å². The first-order chi connectivity index (χ1) is 40.2. The predicted octanol–water partition coefficient (Wildman–Crippen LogP) is 21.3. The SMILES string of the molecule is c1ccc(N(c2cccc(-c3cccc4c3oc3ccccc34)c2)c2ccc3c(c2)C(c2ccccc2)(c2ccccc2)c2cc(N(c4ccccc4)c4cccc(-c5cccc6c5oc5ccccc56)c4)c4ccccc4c2-3)cc1. The summed E-state index contributed by atoms with van der Waals surface area (Å²) >= 11 is 0. The van der Waals surface area contributed by atoms with E-state index in [2.05, 4.69) is 301 Å². The molecular formula is C77H50N2O2. The fraction of sp³-hybridized carbons (Fsp3) is 0.0130. The van der Waals surface area contributed by atoms with Gasteiger partial charge in [-0.15, -0.1) is 0 Å². The Bertz CT molecular complexity index is 4850.